The lowest BCUT2D eigenvalue weighted by atomic mass is 9.80. The Kier molecular flexibility index (Phi) is 8.51. The highest BCUT2D eigenvalue weighted by molar-refractivity contribution is 5.89. The SMILES string of the molecule is CCOC(=O)c1ccc(CNC(=NC)NCC2(N3CCOCC3)CCCCC2)cc1. The maximum absolute atomic E-state index is 11.8. The number of nitrogens with zero attached hydrogens (tertiary/aromatic N) is 2. The summed E-state index contributed by atoms with van der Waals surface area (Å²) in [6.07, 6.45) is 6.37. The van der Waals surface area contributed by atoms with Gasteiger partial charge >= 0.3 is 5.97 Å². The Morgan fingerprint density at radius 2 is 1.83 bits per heavy atom. The van der Waals surface area contributed by atoms with Crippen molar-refractivity contribution >= 4 is 11.9 Å². The molecular weight excluding hydrogens is 380 g/mol. The van der Waals surface area contributed by atoms with E-state index in [1.165, 1.54) is 32.1 Å². The van der Waals surface area contributed by atoms with Crippen molar-refractivity contribution in [1.82, 2.24) is 15.5 Å². The van der Waals surface area contributed by atoms with Crippen LogP contribution in [0.15, 0.2) is 29.3 Å². The lowest BCUT2D eigenvalue weighted by Gasteiger charge is -2.48. The molecule has 166 valence electrons. The van der Waals surface area contributed by atoms with E-state index < -0.39 is 0 Å². The van der Waals surface area contributed by atoms with Gasteiger partial charge in [-0.2, -0.15) is 0 Å². The number of carbonyl (C=O) groups excluding carboxylic acids is 1. The van der Waals surface area contributed by atoms with Gasteiger partial charge in [0.1, 0.15) is 0 Å². The first kappa shape index (κ1) is 22.6. The molecule has 2 aliphatic rings. The van der Waals surface area contributed by atoms with Gasteiger partial charge in [0.05, 0.1) is 25.4 Å². The van der Waals surface area contributed by atoms with E-state index in [0.29, 0.717) is 18.7 Å². The monoisotopic (exact) mass is 416 g/mol. The Morgan fingerprint density at radius 1 is 1.13 bits per heavy atom. The molecule has 1 saturated carbocycles. The smallest absolute Gasteiger partial charge is 0.338 e. The zero-order chi connectivity index (χ0) is 21.2. The van der Waals surface area contributed by atoms with E-state index in [1.54, 1.807) is 12.1 Å². The summed E-state index contributed by atoms with van der Waals surface area (Å²) in [6, 6.07) is 7.51. The molecule has 3 rings (SSSR count). The number of aliphatic imine (C=N–C) groups is 1. The Hall–Kier alpha value is -2.12. The summed E-state index contributed by atoms with van der Waals surface area (Å²) in [4.78, 5) is 18.8. The van der Waals surface area contributed by atoms with Crippen LogP contribution in [0.4, 0.5) is 0 Å². The van der Waals surface area contributed by atoms with Crippen LogP contribution in [0.1, 0.15) is 54.9 Å². The number of esters is 1. The minimum Gasteiger partial charge on any atom is -0.462 e. The lowest BCUT2D eigenvalue weighted by molar-refractivity contribution is -0.0352. The van der Waals surface area contributed by atoms with E-state index in [1.807, 2.05) is 26.1 Å². The summed E-state index contributed by atoms with van der Waals surface area (Å²) < 4.78 is 10.6. The fraction of sp³-hybridized carbons (Fsp3) is 0.652. The van der Waals surface area contributed by atoms with Crippen molar-refractivity contribution in [3.8, 4) is 0 Å². The van der Waals surface area contributed by atoms with E-state index in [0.717, 1.165) is 44.4 Å². The summed E-state index contributed by atoms with van der Waals surface area (Å²) in [6.45, 7) is 7.43. The predicted molar refractivity (Wildman–Crippen MR) is 119 cm³/mol. The molecule has 30 heavy (non-hydrogen) atoms. The van der Waals surface area contributed by atoms with Gasteiger partial charge in [-0.3, -0.25) is 9.89 Å². The van der Waals surface area contributed by atoms with Gasteiger partial charge in [0.15, 0.2) is 5.96 Å². The van der Waals surface area contributed by atoms with Crippen molar-refractivity contribution in [1.29, 1.82) is 0 Å². The largest absolute Gasteiger partial charge is 0.462 e. The van der Waals surface area contributed by atoms with Crippen molar-refractivity contribution in [3.63, 3.8) is 0 Å². The van der Waals surface area contributed by atoms with Crippen LogP contribution < -0.4 is 10.6 Å². The standard InChI is InChI=1S/C23H36N4O3/c1-3-30-21(28)20-9-7-19(8-10-20)17-25-22(24-2)26-18-23(11-5-4-6-12-23)27-13-15-29-16-14-27/h7-10H,3-6,11-18H2,1-2H3,(H2,24,25,26). The molecule has 7 nitrogen and oxygen atoms in total. The summed E-state index contributed by atoms with van der Waals surface area (Å²) in [5.74, 6) is 0.526. The van der Waals surface area contributed by atoms with Gasteiger partial charge in [-0.1, -0.05) is 31.4 Å². The van der Waals surface area contributed by atoms with E-state index in [9.17, 15) is 4.79 Å². The molecule has 0 amide bonds. The summed E-state index contributed by atoms with van der Waals surface area (Å²) in [7, 11) is 1.81. The summed E-state index contributed by atoms with van der Waals surface area (Å²) in [5.41, 5.74) is 1.86. The number of hydrogen-bond acceptors (Lipinski definition) is 5. The highest BCUT2D eigenvalue weighted by Crippen LogP contribution is 2.33. The molecule has 7 heteroatoms. The van der Waals surface area contributed by atoms with Crippen LogP contribution >= 0.6 is 0 Å². The maximum Gasteiger partial charge on any atom is 0.338 e. The predicted octanol–water partition coefficient (Wildman–Crippen LogP) is 2.56. The van der Waals surface area contributed by atoms with E-state index in [-0.39, 0.29) is 11.5 Å². The molecule has 2 fully saturated rings. The molecule has 2 N–H and O–H groups in total. The number of benzene rings is 1. The zero-order valence-corrected chi connectivity index (χ0v) is 18.4. The molecule has 1 aliphatic heterocycles. The van der Waals surface area contributed by atoms with Gasteiger partial charge in [-0.15, -0.1) is 0 Å². The lowest BCUT2D eigenvalue weighted by Crippen LogP contribution is -2.60. The van der Waals surface area contributed by atoms with Crippen molar-refractivity contribution in [3.05, 3.63) is 35.4 Å². The molecule has 0 spiro atoms. The molecule has 1 saturated heterocycles. The van der Waals surface area contributed by atoms with Gasteiger partial charge in [0.2, 0.25) is 0 Å². The minimum atomic E-state index is -0.282. The second-order valence-corrected chi connectivity index (χ2v) is 8.08. The number of carbonyl (C=O) groups is 1. The van der Waals surface area contributed by atoms with Gasteiger partial charge < -0.3 is 20.1 Å². The van der Waals surface area contributed by atoms with Crippen molar-refractivity contribution in [2.24, 2.45) is 4.99 Å². The first-order chi connectivity index (χ1) is 14.7. The second-order valence-electron chi connectivity index (χ2n) is 8.08. The molecule has 1 aliphatic carbocycles. The van der Waals surface area contributed by atoms with Crippen LogP contribution in [-0.2, 0) is 16.0 Å². The molecule has 1 heterocycles. The van der Waals surface area contributed by atoms with Crippen LogP contribution in [0.25, 0.3) is 0 Å². The zero-order valence-electron chi connectivity index (χ0n) is 18.4. The molecule has 1 aromatic rings. The maximum atomic E-state index is 11.8. The Morgan fingerprint density at radius 3 is 2.47 bits per heavy atom. The van der Waals surface area contributed by atoms with Crippen LogP contribution in [-0.4, -0.2) is 68.9 Å². The van der Waals surface area contributed by atoms with E-state index in [2.05, 4.69) is 20.5 Å². The van der Waals surface area contributed by atoms with Crippen LogP contribution in [0.5, 0.6) is 0 Å². The molecule has 0 aromatic heterocycles. The van der Waals surface area contributed by atoms with Crippen molar-refractivity contribution in [2.45, 2.75) is 51.1 Å². The minimum absolute atomic E-state index is 0.195. The number of hydrogen-bond donors (Lipinski definition) is 2. The molecule has 1 aromatic carbocycles. The normalized spacial score (nSPS) is 19.9. The highest BCUT2D eigenvalue weighted by Gasteiger charge is 2.38. The van der Waals surface area contributed by atoms with Crippen LogP contribution in [0, 0.1) is 0 Å². The number of nitrogens with one attached hydrogen (secondary N) is 2. The average Bonchev–Trinajstić information content (AvgIpc) is 2.81. The highest BCUT2D eigenvalue weighted by atomic mass is 16.5. The van der Waals surface area contributed by atoms with E-state index >= 15 is 0 Å². The number of guanidine groups is 1. The molecule has 0 radical (unpaired) electrons. The first-order valence-electron chi connectivity index (χ1n) is 11.2. The second kappa shape index (κ2) is 11.3. The third-order valence-corrected chi connectivity index (χ3v) is 6.20. The number of ether oxygens (including phenoxy) is 2. The van der Waals surface area contributed by atoms with Gasteiger partial charge in [0, 0.05) is 38.8 Å². The van der Waals surface area contributed by atoms with Crippen LogP contribution in [0.2, 0.25) is 0 Å². The third kappa shape index (κ3) is 5.95. The van der Waals surface area contributed by atoms with Crippen molar-refractivity contribution in [2.75, 3.05) is 46.5 Å². The average molecular weight is 417 g/mol. The Labute approximate surface area is 180 Å². The molecule has 0 bridgehead atoms. The molecule has 0 atom stereocenters. The Bertz CT molecular complexity index is 693. The Balaban J connectivity index is 1.53. The fourth-order valence-electron chi connectivity index (χ4n) is 4.48. The van der Waals surface area contributed by atoms with E-state index in [4.69, 9.17) is 9.47 Å². The topological polar surface area (TPSA) is 75.2 Å². The first-order valence-corrected chi connectivity index (χ1v) is 11.2. The molecular formula is C23H36N4O3. The summed E-state index contributed by atoms with van der Waals surface area (Å²) >= 11 is 0. The quantitative estimate of drug-likeness (QED) is 0.404. The number of rotatable bonds is 7. The third-order valence-electron chi connectivity index (χ3n) is 6.20. The van der Waals surface area contributed by atoms with Crippen molar-refractivity contribution < 1.29 is 14.3 Å². The number of morpholine rings is 1. The van der Waals surface area contributed by atoms with Gasteiger partial charge in [-0.25, -0.2) is 4.79 Å². The van der Waals surface area contributed by atoms with Gasteiger partial charge in [-0.05, 0) is 37.5 Å². The summed E-state index contributed by atoms with van der Waals surface area (Å²) in [5, 5.41) is 6.97. The fourth-order valence-corrected chi connectivity index (χ4v) is 4.48. The van der Waals surface area contributed by atoms with Crippen LogP contribution in [0.3, 0.4) is 0 Å². The molecule has 0 unspecified atom stereocenters. The van der Waals surface area contributed by atoms with Gasteiger partial charge in [0.25, 0.3) is 0 Å².